The van der Waals surface area contributed by atoms with Crippen LogP contribution in [-0.4, -0.2) is 11.1 Å². The predicted octanol–water partition coefficient (Wildman–Crippen LogP) is 4.58. The molecule has 0 bridgehead atoms. The zero-order chi connectivity index (χ0) is 13.1. The van der Waals surface area contributed by atoms with Crippen LogP contribution in [0.3, 0.4) is 0 Å². The number of carboxylic acids is 1. The van der Waals surface area contributed by atoms with E-state index in [1.54, 1.807) is 23.5 Å². The maximum Gasteiger partial charge on any atom is 0.335 e. The van der Waals surface area contributed by atoms with E-state index in [4.69, 9.17) is 5.11 Å². The van der Waals surface area contributed by atoms with Gasteiger partial charge in [0.15, 0.2) is 0 Å². The van der Waals surface area contributed by atoms with Crippen LogP contribution in [0.25, 0.3) is 0 Å². The van der Waals surface area contributed by atoms with E-state index < -0.39 is 5.97 Å². The summed E-state index contributed by atoms with van der Waals surface area (Å²) in [6, 6.07) is 7.09. The van der Waals surface area contributed by atoms with Gasteiger partial charge in [0.25, 0.3) is 0 Å². The molecule has 18 heavy (non-hydrogen) atoms. The lowest BCUT2D eigenvalue weighted by molar-refractivity contribution is 0.0697. The average molecular weight is 391 g/mol. The molecule has 0 radical (unpaired) electrons. The van der Waals surface area contributed by atoms with Crippen LogP contribution in [0.15, 0.2) is 38.6 Å². The Kier molecular flexibility index (Phi) is 4.42. The Morgan fingerprint density at radius 1 is 1.22 bits per heavy atom. The first kappa shape index (κ1) is 13.6. The minimum Gasteiger partial charge on any atom is -0.478 e. The monoisotopic (exact) mass is 389 g/mol. The molecule has 0 unspecified atom stereocenters. The first-order chi connectivity index (χ1) is 8.54. The molecule has 0 aliphatic rings. The normalized spacial score (nSPS) is 10.3. The van der Waals surface area contributed by atoms with E-state index in [-0.39, 0.29) is 5.56 Å². The summed E-state index contributed by atoms with van der Waals surface area (Å²) >= 11 is 8.35. The summed E-state index contributed by atoms with van der Waals surface area (Å²) in [5.74, 6) is -0.932. The average Bonchev–Trinajstić information content (AvgIpc) is 2.72. The largest absolute Gasteiger partial charge is 0.478 e. The molecule has 0 aliphatic carbocycles. The van der Waals surface area contributed by atoms with Gasteiger partial charge >= 0.3 is 5.97 Å². The third-order valence-corrected chi connectivity index (χ3v) is 4.39. The number of thiophene rings is 1. The van der Waals surface area contributed by atoms with Crippen molar-refractivity contribution in [2.75, 3.05) is 5.32 Å². The number of rotatable bonds is 4. The first-order valence-corrected chi connectivity index (χ1v) is 7.52. The molecule has 1 aromatic carbocycles. The van der Waals surface area contributed by atoms with Crippen LogP contribution in [0.5, 0.6) is 0 Å². The number of carboxylic acid groups (broad SMARTS) is 1. The highest BCUT2D eigenvalue weighted by molar-refractivity contribution is 9.10. The highest BCUT2D eigenvalue weighted by atomic mass is 79.9. The molecule has 1 aromatic heterocycles. The molecule has 3 nitrogen and oxygen atoms in total. The van der Waals surface area contributed by atoms with Gasteiger partial charge < -0.3 is 10.4 Å². The van der Waals surface area contributed by atoms with Gasteiger partial charge in [-0.1, -0.05) is 15.9 Å². The lowest BCUT2D eigenvalue weighted by Crippen LogP contribution is -2.01. The molecule has 2 N–H and O–H groups in total. The van der Waals surface area contributed by atoms with Crippen LogP contribution in [0.4, 0.5) is 5.69 Å². The molecule has 1 heterocycles. The first-order valence-electron chi connectivity index (χ1n) is 5.05. The lowest BCUT2D eigenvalue weighted by atomic mass is 10.2. The van der Waals surface area contributed by atoms with E-state index in [9.17, 15) is 4.79 Å². The van der Waals surface area contributed by atoms with E-state index in [0.29, 0.717) is 6.54 Å². The Bertz CT molecular complexity index is 583. The fourth-order valence-electron chi connectivity index (χ4n) is 1.45. The Morgan fingerprint density at radius 2 is 2.00 bits per heavy atom. The van der Waals surface area contributed by atoms with E-state index in [2.05, 4.69) is 37.2 Å². The van der Waals surface area contributed by atoms with E-state index >= 15 is 0 Å². The number of anilines is 1. The second kappa shape index (κ2) is 5.86. The van der Waals surface area contributed by atoms with Gasteiger partial charge in [0, 0.05) is 31.4 Å². The fraction of sp³-hybridized carbons (Fsp3) is 0.0833. The Hall–Kier alpha value is -0.850. The Balaban J connectivity index is 2.11. The maximum atomic E-state index is 10.9. The SMILES string of the molecule is O=C(O)c1cc(Br)cc(NCc2cc(Br)cs2)c1. The molecule has 6 heteroatoms. The fourth-order valence-corrected chi connectivity index (χ4v) is 3.33. The van der Waals surface area contributed by atoms with Gasteiger partial charge in [0.1, 0.15) is 0 Å². The smallest absolute Gasteiger partial charge is 0.335 e. The van der Waals surface area contributed by atoms with Crippen molar-refractivity contribution in [2.24, 2.45) is 0 Å². The highest BCUT2D eigenvalue weighted by Crippen LogP contribution is 2.23. The predicted molar refractivity (Wildman–Crippen MR) is 80.4 cm³/mol. The van der Waals surface area contributed by atoms with Gasteiger partial charge in [-0.2, -0.15) is 0 Å². The van der Waals surface area contributed by atoms with Crippen LogP contribution in [0.2, 0.25) is 0 Å². The Morgan fingerprint density at radius 3 is 2.61 bits per heavy atom. The molecule has 0 amide bonds. The molecule has 0 atom stereocenters. The summed E-state index contributed by atoms with van der Waals surface area (Å²) in [5.41, 5.74) is 1.05. The number of halogens is 2. The van der Waals surface area contributed by atoms with Crippen molar-refractivity contribution in [3.8, 4) is 0 Å². The standard InChI is InChI=1S/C12H9Br2NO2S/c13-8-1-7(12(16)17)2-10(3-8)15-5-11-4-9(14)6-18-11/h1-4,6,15H,5H2,(H,16,17). The molecule has 2 aromatic rings. The summed E-state index contributed by atoms with van der Waals surface area (Å²) in [5, 5.41) is 14.2. The summed E-state index contributed by atoms with van der Waals surface area (Å²) < 4.78 is 1.81. The minimum atomic E-state index is -0.932. The van der Waals surface area contributed by atoms with E-state index in [0.717, 1.165) is 14.6 Å². The van der Waals surface area contributed by atoms with Gasteiger partial charge in [-0.25, -0.2) is 4.79 Å². The van der Waals surface area contributed by atoms with Crippen molar-refractivity contribution in [3.63, 3.8) is 0 Å². The molecular formula is C12H9Br2NO2S. The molecule has 0 aliphatic heterocycles. The number of hydrogen-bond acceptors (Lipinski definition) is 3. The van der Waals surface area contributed by atoms with E-state index in [1.807, 2.05) is 17.5 Å². The maximum absolute atomic E-state index is 10.9. The number of carbonyl (C=O) groups is 1. The van der Waals surface area contributed by atoms with E-state index in [1.165, 1.54) is 4.88 Å². The van der Waals surface area contributed by atoms with Crippen LogP contribution in [-0.2, 0) is 6.54 Å². The van der Waals surface area contributed by atoms with Crippen molar-refractivity contribution in [1.29, 1.82) is 0 Å². The zero-order valence-electron chi connectivity index (χ0n) is 9.11. The minimum absolute atomic E-state index is 0.263. The number of aromatic carboxylic acids is 1. The third-order valence-electron chi connectivity index (χ3n) is 2.23. The summed E-state index contributed by atoms with van der Waals surface area (Å²) in [4.78, 5) is 12.1. The Labute approximate surface area is 125 Å². The second-order valence-electron chi connectivity index (χ2n) is 3.62. The van der Waals surface area contributed by atoms with Crippen molar-refractivity contribution < 1.29 is 9.90 Å². The summed E-state index contributed by atoms with van der Waals surface area (Å²) in [7, 11) is 0. The zero-order valence-corrected chi connectivity index (χ0v) is 13.1. The van der Waals surface area contributed by atoms with Gasteiger partial charge in [0.05, 0.1) is 5.56 Å². The van der Waals surface area contributed by atoms with Gasteiger partial charge in [-0.3, -0.25) is 0 Å². The second-order valence-corrected chi connectivity index (χ2v) is 6.45. The molecule has 0 fully saturated rings. The van der Waals surface area contributed by atoms with Crippen LogP contribution in [0, 0.1) is 0 Å². The molecule has 0 spiro atoms. The van der Waals surface area contributed by atoms with Crippen molar-refractivity contribution in [3.05, 3.63) is 49.0 Å². The topological polar surface area (TPSA) is 49.3 Å². The molecule has 94 valence electrons. The molecular weight excluding hydrogens is 382 g/mol. The number of nitrogens with one attached hydrogen (secondary N) is 1. The molecule has 0 saturated carbocycles. The number of hydrogen-bond donors (Lipinski definition) is 2. The number of benzene rings is 1. The summed E-state index contributed by atoms with van der Waals surface area (Å²) in [6.45, 7) is 0.672. The van der Waals surface area contributed by atoms with Gasteiger partial charge in [0.2, 0.25) is 0 Å². The van der Waals surface area contributed by atoms with Crippen molar-refractivity contribution >= 4 is 54.9 Å². The van der Waals surface area contributed by atoms with Gasteiger partial charge in [-0.15, -0.1) is 11.3 Å². The van der Waals surface area contributed by atoms with Crippen LogP contribution < -0.4 is 5.32 Å². The molecule has 2 rings (SSSR count). The summed E-state index contributed by atoms with van der Waals surface area (Å²) in [6.07, 6.45) is 0. The van der Waals surface area contributed by atoms with Crippen molar-refractivity contribution in [1.82, 2.24) is 0 Å². The lowest BCUT2D eigenvalue weighted by Gasteiger charge is -2.06. The molecule has 0 saturated heterocycles. The van der Waals surface area contributed by atoms with Crippen LogP contribution >= 0.6 is 43.2 Å². The van der Waals surface area contributed by atoms with Crippen LogP contribution in [0.1, 0.15) is 15.2 Å². The quantitative estimate of drug-likeness (QED) is 0.802. The van der Waals surface area contributed by atoms with Crippen molar-refractivity contribution in [2.45, 2.75) is 6.54 Å². The van der Waals surface area contributed by atoms with Gasteiger partial charge in [-0.05, 0) is 40.2 Å². The highest BCUT2D eigenvalue weighted by Gasteiger charge is 2.06. The third kappa shape index (κ3) is 3.57.